The van der Waals surface area contributed by atoms with Gasteiger partial charge in [0.15, 0.2) is 6.10 Å². The van der Waals surface area contributed by atoms with Gasteiger partial charge in [0.05, 0.1) is 0 Å². The van der Waals surface area contributed by atoms with Crippen molar-refractivity contribution in [2.45, 2.75) is 39.2 Å². The Morgan fingerprint density at radius 2 is 1.93 bits per heavy atom. The van der Waals surface area contributed by atoms with Crippen LogP contribution in [0.25, 0.3) is 22.1 Å². The molecule has 2 aromatic heterocycles. The van der Waals surface area contributed by atoms with Crippen LogP contribution in [-0.4, -0.2) is 30.0 Å². The van der Waals surface area contributed by atoms with Crippen LogP contribution in [0.4, 0.5) is 0 Å². The maximum Gasteiger partial charge on any atom is 0.336 e. The molecular weight excluding hydrogens is 374 g/mol. The maximum atomic E-state index is 12.6. The quantitative estimate of drug-likeness (QED) is 0.603. The molecule has 3 aromatic rings. The monoisotopic (exact) mass is 397 g/mol. The number of likely N-dealkylation sites (tertiary alicyclic amines) is 1. The first-order chi connectivity index (χ1) is 13.5. The lowest BCUT2D eigenvalue weighted by atomic mass is 10.0. The molecule has 3 heterocycles. The third-order valence-corrected chi connectivity index (χ3v) is 6.04. The number of rotatable bonds is 4. The average Bonchev–Trinajstić information content (AvgIpc) is 3.12. The van der Waals surface area contributed by atoms with Crippen LogP contribution in [0.15, 0.2) is 44.9 Å². The number of benzene rings is 1. The Bertz CT molecular complexity index is 1060. The minimum Gasteiger partial charge on any atom is -0.481 e. The molecule has 146 valence electrons. The Morgan fingerprint density at radius 1 is 1.14 bits per heavy atom. The summed E-state index contributed by atoms with van der Waals surface area (Å²) < 4.78 is 11.3. The van der Waals surface area contributed by atoms with E-state index in [1.54, 1.807) is 24.3 Å². The molecule has 5 nitrogen and oxygen atoms in total. The van der Waals surface area contributed by atoms with Crippen LogP contribution in [0.5, 0.6) is 5.75 Å². The first kappa shape index (κ1) is 18.7. The second-order valence-electron chi connectivity index (χ2n) is 7.17. The number of thiophene rings is 1. The molecule has 0 saturated carbocycles. The van der Waals surface area contributed by atoms with Gasteiger partial charge in [0, 0.05) is 41.0 Å². The van der Waals surface area contributed by atoms with Gasteiger partial charge >= 0.3 is 5.63 Å². The van der Waals surface area contributed by atoms with Crippen LogP contribution in [-0.2, 0) is 4.79 Å². The molecule has 1 aliphatic rings. The lowest BCUT2D eigenvalue weighted by Gasteiger charge is -2.29. The Kier molecular flexibility index (Phi) is 5.22. The van der Waals surface area contributed by atoms with E-state index in [9.17, 15) is 9.59 Å². The molecule has 1 aromatic carbocycles. The van der Waals surface area contributed by atoms with Gasteiger partial charge in [-0.05, 0) is 62.3 Å². The molecular formula is C22H23NO4S. The summed E-state index contributed by atoms with van der Waals surface area (Å²) in [7, 11) is 0. The molecule has 0 spiro atoms. The summed E-state index contributed by atoms with van der Waals surface area (Å²) >= 11 is 1.64. The van der Waals surface area contributed by atoms with E-state index in [-0.39, 0.29) is 5.91 Å². The number of amides is 1. The van der Waals surface area contributed by atoms with Gasteiger partial charge < -0.3 is 14.1 Å². The topological polar surface area (TPSA) is 59.8 Å². The van der Waals surface area contributed by atoms with Crippen LogP contribution in [0, 0.1) is 6.92 Å². The van der Waals surface area contributed by atoms with Crippen molar-refractivity contribution in [2.75, 3.05) is 13.1 Å². The minimum atomic E-state index is -0.579. The molecule has 28 heavy (non-hydrogen) atoms. The summed E-state index contributed by atoms with van der Waals surface area (Å²) in [5.41, 5.74) is 1.95. The predicted molar refractivity (Wildman–Crippen MR) is 111 cm³/mol. The molecule has 1 amide bonds. The van der Waals surface area contributed by atoms with Gasteiger partial charge in [0.25, 0.3) is 5.91 Å². The van der Waals surface area contributed by atoms with Gasteiger partial charge in [-0.25, -0.2) is 4.79 Å². The van der Waals surface area contributed by atoms with Crippen molar-refractivity contribution in [3.63, 3.8) is 0 Å². The highest BCUT2D eigenvalue weighted by atomic mass is 32.1. The zero-order chi connectivity index (χ0) is 19.7. The number of hydrogen-bond acceptors (Lipinski definition) is 5. The van der Waals surface area contributed by atoms with Crippen LogP contribution in [0.3, 0.4) is 0 Å². The SMILES string of the molecule is Cc1sccc1-c1cc(=O)oc2cc(O[C@H](C)C(=O)N3CCCCC3)ccc12. The Morgan fingerprint density at radius 3 is 2.64 bits per heavy atom. The van der Waals surface area contributed by atoms with E-state index >= 15 is 0 Å². The van der Waals surface area contributed by atoms with Crippen molar-refractivity contribution in [3.8, 4) is 16.9 Å². The van der Waals surface area contributed by atoms with E-state index in [4.69, 9.17) is 9.15 Å². The van der Waals surface area contributed by atoms with E-state index in [1.165, 1.54) is 12.5 Å². The fraction of sp³-hybridized carbons (Fsp3) is 0.364. The highest BCUT2D eigenvalue weighted by Crippen LogP contribution is 2.33. The number of nitrogens with zero attached hydrogens (tertiary/aromatic N) is 1. The van der Waals surface area contributed by atoms with E-state index in [0.717, 1.165) is 47.3 Å². The van der Waals surface area contributed by atoms with Crippen molar-refractivity contribution in [2.24, 2.45) is 0 Å². The Hall–Kier alpha value is -2.60. The fourth-order valence-electron chi connectivity index (χ4n) is 3.73. The first-order valence-corrected chi connectivity index (χ1v) is 10.5. The Balaban J connectivity index is 1.62. The molecule has 0 radical (unpaired) electrons. The van der Waals surface area contributed by atoms with Gasteiger partial charge in [-0.3, -0.25) is 4.79 Å². The maximum absolute atomic E-state index is 12.6. The zero-order valence-electron chi connectivity index (χ0n) is 16.1. The summed E-state index contributed by atoms with van der Waals surface area (Å²) in [4.78, 5) is 27.7. The summed E-state index contributed by atoms with van der Waals surface area (Å²) in [5.74, 6) is 0.525. The predicted octanol–water partition coefficient (Wildman–Crippen LogP) is 4.61. The summed E-state index contributed by atoms with van der Waals surface area (Å²) in [6.45, 7) is 5.39. The number of aryl methyl sites for hydroxylation is 1. The first-order valence-electron chi connectivity index (χ1n) is 9.61. The van der Waals surface area contributed by atoms with Crippen molar-refractivity contribution >= 4 is 28.2 Å². The standard InChI is InChI=1S/C22H23NO4S/c1-14(22(25)23-9-4-3-5-10-23)26-16-6-7-18-19(17-8-11-28-15(17)2)13-21(24)27-20(18)12-16/h6-8,11-14H,3-5,9-10H2,1-2H3/t14-/m1/s1. The molecule has 0 N–H and O–H groups in total. The van der Waals surface area contributed by atoms with Gasteiger partial charge in [-0.15, -0.1) is 11.3 Å². The normalized spacial score (nSPS) is 15.6. The molecule has 6 heteroatoms. The van der Waals surface area contributed by atoms with Gasteiger partial charge in [-0.2, -0.15) is 0 Å². The van der Waals surface area contributed by atoms with Gasteiger partial charge in [-0.1, -0.05) is 0 Å². The molecule has 1 atom stereocenters. The second-order valence-corrected chi connectivity index (χ2v) is 8.29. The van der Waals surface area contributed by atoms with Crippen LogP contribution in [0.2, 0.25) is 0 Å². The molecule has 0 bridgehead atoms. The highest BCUT2D eigenvalue weighted by Gasteiger charge is 2.23. The van der Waals surface area contributed by atoms with E-state index in [0.29, 0.717) is 11.3 Å². The molecule has 4 rings (SSSR count). The largest absolute Gasteiger partial charge is 0.481 e. The summed E-state index contributed by atoms with van der Waals surface area (Å²) in [5, 5.41) is 2.86. The molecule has 1 aliphatic heterocycles. The summed E-state index contributed by atoms with van der Waals surface area (Å²) in [6, 6.07) is 8.95. The van der Waals surface area contributed by atoms with E-state index in [2.05, 4.69) is 0 Å². The smallest absolute Gasteiger partial charge is 0.336 e. The third-order valence-electron chi connectivity index (χ3n) is 5.19. The number of piperidine rings is 1. The average molecular weight is 397 g/mol. The number of carbonyl (C=O) groups excluding carboxylic acids is 1. The molecule has 0 aliphatic carbocycles. The van der Waals surface area contributed by atoms with Crippen molar-refractivity contribution in [1.82, 2.24) is 4.90 Å². The fourth-order valence-corrected chi connectivity index (χ4v) is 4.44. The minimum absolute atomic E-state index is 0.00361. The number of hydrogen-bond donors (Lipinski definition) is 0. The zero-order valence-corrected chi connectivity index (χ0v) is 16.9. The molecule has 1 fully saturated rings. The number of fused-ring (bicyclic) bond motifs is 1. The van der Waals surface area contributed by atoms with Crippen molar-refractivity contribution < 1.29 is 13.9 Å². The second kappa shape index (κ2) is 7.80. The third kappa shape index (κ3) is 3.69. The van der Waals surface area contributed by atoms with Crippen LogP contribution >= 0.6 is 11.3 Å². The lowest BCUT2D eigenvalue weighted by Crippen LogP contribution is -2.43. The number of carbonyl (C=O) groups is 1. The number of ether oxygens (including phenoxy) is 1. The van der Waals surface area contributed by atoms with Gasteiger partial charge in [0.1, 0.15) is 11.3 Å². The van der Waals surface area contributed by atoms with E-state index in [1.807, 2.05) is 35.4 Å². The molecule has 0 unspecified atom stereocenters. The Labute approximate surface area is 167 Å². The van der Waals surface area contributed by atoms with Gasteiger partial charge in [0.2, 0.25) is 0 Å². The lowest BCUT2D eigenvalue weighted by molar-refractivity contribution is -0.138. The highest BCUT2D eigenvalue weighted by molar-refractivity contribution is 7.10. The van der Waals surface area contributed by atoms with Crippen LogP contribution < -0.4 is 10.4 Å². The van der Waals surface area contributed by atoms with E-state index < -0.39 is 11.7 Å². The van der Waals surface area contributed by atoms with Crippen molar-refractivity contribution in [1.29, 1.82) is 0 Å². The summed E-state index contributed by atoms with van der Waals surface area (Å²) in [6.07, 6.45) is 2.69. The van der Waals surface area contributed by atoms with Crippen LogP contribution in [0.1, 0.15) is 31.1 Å². The molecule has 1 saturated heterocycles. The van der Waals surface area contributed by atoms with Crippen molar-refractivity contribution in [3.05, 3.63) is 51.0 Å².